The number of hydrogen-bond acceptors (Lipinski definition) is 5. The van der Waals surface area contributed by atoms with Crippen LogP contribution < -0.4 is 11.1 Å². The van der Waals surface area contributed by atoms with E-state index in [1.807, 2.05) is 0 Å². The Balaban J connectivity index is 2.58. The fourth-order valence-electron chi connectivity index (χ4n) is 1.08. The first-order valence-electron chi connectivity index (χ1n) is 3.53. The zero-order chi connectivity index (χ0) is 9.14. The van der Waals surface area contributed by atoms with Gasteiger partial charge in [-0.3, -0.25) is 0 Å². The molecule has 1 aliphatic rings. The van der Waals surface area contributed by atoms with Crippen molar-refractivity contribution in [1.82, 2.24) is 15.3 Å². The standard InChI is InChI=1S/C5H12N4O3/c6-4(10)9(5(11)12)8-2-1-7-3-8/h5,7,11-12H,1-3H2,(H2,6,10). The summed E-state index contributed by atoms with van der Waals surface area (Å²) in [6.07, 6.45) is -1.87. The lowest BCUT2D eigenvalue weighted by Gasteiger charge is -2.29. The summed E-state index contributed by atoms with van der Waals surface area (Å²) in [5, 5.41) is 22.5. The van der Waals surface area contributed by atoms with Gasteiger partial charge in [-0.2, -0.15) is 5.01 Å². The first-order chi connectivity index (χ1) is 5.63. The maximum atomic E-state index is 10.7. The molecule has 2 amide bonds. The van der Waals surface area contributed by atoms with E-state index in [0.717, 1.165) is 0 Å². The van der Waals surface area contributed by atoms with Gasteiger partial charge in [-0.05, 0) is 0 Å². The number of carbonyl (C=O) groups is 1. The summed E-state index contributed by atoms with van der Waals surface area (Å²) in [7, 11) is 0. The summed E-state index contributed by atoms with van der Waals surface area (Å²) >= 11 is 0. The van der Waals surface area contributed by atoms with Gasteiger partial charge in [0.05, 0.1) is 6.67 Å². The highest BCUT2D eigenvalue weighted by molar-refractivity contribution is 5.71. The van der Waals surface area contributed by atoms with Crippen molar-refractivity contribution in [2.75, 3.05) is 19.8 Å². The number of hydrogen-bond donors (Lipinski definition) is 4. The van der Waals surface area contributed by atoms with E-state index < -0.39 is 12.4 Å². The number of amides is 2. The summed E-state index contributed by atoms with van der Waals surface area (Å²) in [6.45, 7) is 1.61. The lowest BCUT2D eigenvalue weighted by Crippen LogP contribution is -2.53. The molecule has 0 unspecified atom stereocenters. The predicted molar refractivity (Wildman–Crippen MR) is 39.2 cm³/mol. The molecule has 0 atom stereocenters. The third-order valence-electron chi connectivity index (χ3n) is 1.59. The Morgan fingerprint density at radius 1 is 1.67 bits per heavy atom. The molecular formula is C5H12N4O3. The third kappa shape index (κ3) is 1.83. The van der Waals surface area contributed by atoms with Crippen LogP contribution in [0.25, 0.3) is 0 Å². The van der Waals surface area contributed by atoms with Crippen LogP contribution in [-0.2, 0) is 0 Å². The Bertz CT molecular complexity index is 168. The minimum absolute atomic E-state index is 0.389. The van der Waals surface area contributed by atoms with Gasteiger partial charge in [-0.1, -0.05) is 0 Å². The van der Waals surface area contributed by atoms with Gasteiger partial charge in [-0.15, -0.1) is 0 Å². The number of hydrazine groups is 1. The van der Waals surface area contributed by atoms with Crippen molar-refractivity contribution in [3.05, 3.63) is 0 Å². The molecule has 0 spiro atoms. The Labute approximate surface area is 69.3 Å². The average molecular weight is 176 g/mol. The Hall–Kier alpha value is -0.890. The zero-order valence-electron chi connectivity index (χ0n) is 6.47. The van der Waals surface area contributed by atoms with Crippen LogP contribution in [-0.4, -0.2) is 52.4 Å². The van der Waals surface area contributed by atoms with Crippen LogP contribution in [0.4, 0.5) is 4.79 Å². The zero-order valence-corrected chi connectivity index (χ0v) is 6.47. The van der Waals surface area contributed by atoms with Crippen molar-refractivity contribution < 1.29 is 15.0 Å². The smallest absolute Gasteiger partial charge is 0.333 e. The second-order valence-corrected chi connectivity index (χ2v) is 2.42. The number of aliphatic hydroxyl groups excluding tert-OH is 1. The van der Waals surface area contributed by atoms with Crippen molar-refractivity contribution in [1.29, 1.82) is 0 Å². The van der Waals surface area contributed by atoms with Crippen LogP contribution in [0.15, 0.2) is 0 Å². The molecule has 7 nitrogen and oxygen atoms in total. The molecule has 7 heteroatoms. The van der Waals surface area contributed by atoms with E-state index in [9.17, 15) is 4.79 Å². The summed E-state index contributed by atoms with van der Waals surface area (Å²) in [6, 6.07) is -0.881. The number of nitrogens with one attached hydrogen (secondary N) is 1. The van der Waals surface area contributed by atoms with E-state index in [4.69, 9.17) is 15.9 Å². The Kier molecular flexibility index (Phi) is 2.82. The van der Waals surface area contributed by atoms with E-state index >= 15 is 0 Å². The largest absolute Gasteiger partial charge is 0.350 e. The second kappa shape index (κ2) is 3.68. The van der Waals surface area contributed by atoms with Crippen molar-refractivity contribution in [2.24, 2.45) is 5.73 Å². The van der Waals surface area contributed by atoms with Gasteiger partial charge in [0.25, 0.3) is 6.41 Å². The maximum Gasteiger partial charge on any atom is 0.333 e. The SMILES string of the molecule is NC(=O)N(C(O)O)N1CCNC1. The number of urea groups is 1. The molecule has 0 aromatic carbocycles. The Morgan fingerprint density at radius 2 is 2.33 bits per heavy atom. The average Bonchev–Trinajstić information content (AvgIpc) is 2.37. The lowest BCUT2D eigenvalue weighted by atomic mass is 10.7. The fraction of sp³-hybridized carbons (Fsp3) is 0.800. The summed E-state index contributed by atoms with van der Waals surface area (Å²) in [5.41, 5.74) is 4.92. The first-order valence-corrected chi connectivity index (χ1v) is 3.53. The number of nitrogens with two attached hydrogens (primary N) is 1. The second-order valence-electron chi connectivity index (χ2n) is 2.42. The van der Waals surface area contributed by atoms with Crippen LogP contribution in [0.1, 0.15) is 0 Å². The van der Waals surface area contributed by atoms with Gasteiger partial charge in [-0.25, -0.2) is 9.80 Å². The third-order valence-corrected chi connectivity index (χ3v) is 1.59. The molecule has 1 aliphatic heterocycles. The predicted octanol–water partition coefficient (Wildman–Crippen LogP) is -2.59. The number of carbonyl (C=O) groups excluding carboxylic acids is 1. The molecule has 1 heterocycles. The minimum Gasteiger partial charge on any atom is -0.350 e. The minimum atomic E-state index is -1.87. The molecule has 1 saturated heterocycles. The van der Waals surface area contributed by atoms with Crippen LogP contribution >= 0.6 is 0 Å². The van der Waals surface area contributed by atoms with Crippen LogP contribution in [0.3, 0.4) is 0 Å². The molecule has 0 aromatic heterocycles. The van der Waals surface area contributed by atoms with Gasteiger partial charge in [0, 0.05) is 13.1 Å². The van der Waals surface area contributed by atoms with Gasteiger partial charge in [0.2, 0.25) is 0 Å². The quantitative estimate of drug-likeness (QED) is 0.346. The molecule has 5 N–H and O–H groups in total. The van der Waals surface area contributed by atoms with E-state index in [1.54, 1.807) is 0 Å². The van der Waals surface area contributed by atoms with E-state index in [2.05, 4.69) is 5.32 Å². The molecule has 0 radical (unpaired) electrons. The highest BCUT2D eigenvalue weighted by Crippen LogP contribution is 2.02. The number of aliphatic hydroxyl groups is 2. The highest BCUT2D eigenvalue weighted by atomic mass is 16.5. The van der Waals surface area contributed by atoms with E-state index in [-0.39, 0.29) is 0 Å². The normalized spacial score (nSPS) is 18.6. The molecule has 12 heavy (non-hydrogen) atoms. The molecular weight excluding hydrogens is 164 g/mol. The lowest BCUT2D eigenvalue weighted by molar-refractivity contribution is -0.201. The first kappa shape index (κ1) is 9.20. The molecule has 0 saturated carbocycles. The van der Waals surface area contributed by atoms with Crippen LogP contribution in [0.2, 0.25) is 0 Å². The molecule has 0 aromatic rings. The van der Waals surface area contributed by atoms with Crippen molar-refractivity contribution in [2.45, 2.75) is 6.41 Å². The molecule has 0 bridgehead atoms. The van der Waals surface area contributed by atoms with Gasteiger partial charge in [0.15, 0.2) is 0 Å². The topological polar surface area (TPSA) is 102 Å². The van der Waals surface area contributed by atoms with Gasteiger partial charge < -0.3 is 21.3 Å². The van der Waals surface area contributed by atoms with Crippen LogP contribution in [0, 0.1) is 0 Å². The maximum absolute atomic E-state index is 10.7. The molecule has 1 fully saturated rings. The number of nitrogens with zero attached hydrogens (tertiary/aromatic N) is 2. The monoisotopic (exact) mass is 176 g/mol. The van der Waals surface area contributed by atoms with Gasteiger partial charge in [0.1, 0.15) is 0 Å². The summed E-state index contributed by atoms with van der Waals surface area (Å²) in [5.74, 6) is 0. The molecule has 70 valence electrons. The van der Waals surface area contributed by atoms with E-state index in [0.29, 0.717) is 24.8 Å². The van der Waals surface area contributed by atoms with E-state index in [1.165, 1.54) is 5.01 Å². The fourth-order valence-corrected chi connectivity index (χ4v) is 1.08. The Morgan fingerprint density at radius 3 is 2.67 bits per heavy atom. The van der Waals surface area contributed by atoms with Gasteiger partial charge >= 0.3 is 6.03 Å². The summed E-state index contributed by atoms with van der Waals surface area (Å²) < 4.78 is 0. The number of primary amides is 1. The summed E-state index contributed by atoms with van der Waals surface area (Å²) in [4.78, 5) is 10.7. The highest BCUT2D eigenvalue weighted by Gasteiger charge is 2.26. The van der Waals surface area contributed by atoms with Crippen molar-refractivity contribution >= 4 is 6.03 Å². The molecule has 1 rings (SSSR count). The number of rotatable bonds is 2. The van der Waals surface area contributed by atoms with Crippen molar-refractivity contribution in [3.8, 4) is 0 Å². The molecule has 0 aliphatic carbocycles. The van der Waals surface area contributed by atoms with Crippen molar-refractivity contribution in [3.63, 3.8) is 0 Å². The van der Waals surface area contributed by atoms with Crippen LogP contribution in [0.5, 0.6) is 0 Å².